The Morgan fingerprint density at radius 2 is 1.59 bits per heavy atom. The molecule has 11 atom stereocenters. The van der Waals surface area contributed by atoms with Crippen molar-refractivity contribution in [2.45, 2.75) is 87.0 Å². The molecular weight excluding hydrogens is 396 g/mol. The van der Waals surface area contributed by atoms with Gasteiger partial charge in [-0.3, -0.25) is 0 Å². The van der Waals surface area contributed by atoms with Crippen LogP contribution in [0.3, 0.4) is 0 Å². The Balaban J connectivity index is 1.74. The van der Waals surface area contributed by atoms with Crippen molar-refractivity contribution in [3.8, 4) is 0 Å². The molecule has 0 spiro atoms. The molecule has 3 rings (SSSR count). The first-order chi connectivity index (χ1) is 13.6. The van der Waals surface area contributed by atoms with Crippen LogP contribution in [0.5, 0.6) is 0 Å². The molecule has 0 bridgehead atoms. The van der Waals surface area contributed by atoms with Gasteiger partial charge in [-0.25, -0.2) is 0 Å². The molecule has 12 nitrogen and oxygen atoms in total. The van der Waals surface area contributed by atoms with E-state index in [1.807, 2.05) is 0 Å². The molecule has 6 N–H and O–H groups in total. The van der Waals surface area contributed by atoms with Gasteiger partial charge in [0.25, 0.3) is 0 Å². The Hall–Kier alpha value is -0.480. The molecule has 3 aliphatic rings. The van der Waals surface area contributed by atoms with Crippen LogP contribution in [0, 0.1) is 0 Å². The van der Waals surface area contributed by atoms with Gasteiger partial charge in [-0.05, 0) is 13.8 Å². The van der Waals surface area contributed by atoms with E-state index in [4.69, 9.17) is 28.8 Å². The fraction of sp³-hybridized carbons (Fsp3) is 1.00. The summed E-state index contributed by atoms with van der Waals surface area (Å²) in [5.41, 5.74) is -1.27. The van der Waals surface area contributed by atoms with Crippen LogP contribution >= 0.6 is 0 Å². The highest BCUT2D eigenvalue weighted by Gasteiger charge is 2.53. The minimum atomic E-state index is -1.97. The highest BCUT2D eigenvalue weighted by atomic mass is 16.7. The first kappa shape index (κ1) is 23.2. The SMILES string of the molecule is CC(C)(O)[C@H]1COC2C(O1)[C@@H](O)C(O[C@@H]1[C@@H](O)[C@H](O)[C@@H](CO)O[C@@H]1[O-])O[C@@H]2CO. The lowest BCUT2D eigenvalue weighted by Crippen LogP contribution is -2.69. The second kappa shape index (κ2) is 8.94. The van der Waals surface area contributed by atoms with E-state index in [0.29, 0.717) is 0 Å². The Morgan fingerprint density at radius 1 is 0.931 bits per heavy atom. The summed E-state index contributed by atoms with van der Waals surface area (Å²) in [5, 5.41) is 71.9. The third kappa shape index (κ3) is 4.59. The van der Waals surface area contributed by atoms with Gasteiger partial charge in [0.2, 0.25) is 0 Å². The van der Waals surface area contributed by atoms with Crippen LogP contribution in [0.4, 0.5) is 0 Å². The normalized spacial score (nSPS) is 48.9. The number of ether oxygens (including phenoxy) is 5. The summed E-state index contributed by atoms with van der Waals surface area (Å²) >= 11 is 0. The van der Waals surface area contributed by atoms with Crippen molar-refractivity contribution in [1.29, 1.82) is 0 Å². The lowest BCUT2D eigenvalue weighted by Gasteiger charge is -2.51. The van der Waals surface area contributed by atoms with E-state index in [9.17, 15) is 30.6 Å². The Labute approximate surface area is 167 Å². The van der Waals surface area contributed by atoms with Gasteiger partial charge in [-0.2, -0.15) is 0 Å². The molecule has 29 heavy (non-hydrogen) atoms. The molecule has 3 saturated heterocycles. The molecule has 0 amide bonds. The van der Waals surface area contributed by atoms with Crippen molar-refractivity contribution in [1.82, 2.24) is 0 Å². The molecule has 12 heteroatoms. The van der Waals surface area contributed by atoms with Crippen molar-refractivity contribution in [3.63, 3.8) is 0 Å². The van der Waals surface area contributed by atoms with Crippen LogP contribution in [-0.2, 0) is 23.7 Å². The van der Waals surface area contributed by atoms with Gasteiger partial charge in [0.15, 0.2) is 6.29 Å². The minimum Gasteiger partial charge on any atom is -0.829 e. The van der Waals surface area contributed by atoms with Crippen LogP contribution in [0.25, 0.3) is 0 Å². The average Bonchev–Trinajstić information content (AvgIpc) is 2.68. The van der Waals surface area contributed by atoms with Gasteiger partial charge < -0.3 is 59.4 Å². The van der Waals surface area contributed by atoms with Crippen LogP contribution in [0.1, 0.15) is 13.8 Å². The molecule has 3 unspecified atom stereocenters. The van der Waals surface area contributed by atoms with Gasteiger partial charge in [0.05, 0.1) is 25.4 Å². The fourth-order valence-corrected chi connectivity index (χ4v) is 3.66. The monoisotopic (exact) mass is 425 g/mol. The van der Waals surface area contributed by atoms with Gasteiger partial charge in [0.1, 0.15) is 54.9 Å². The average molecular weight is 425 g/mol. The minimum absolute atomic E-state index is 0.00925. The maximum atomic E-state index is 12.2. The first-order valence-electron chi connectivity index (χ1n) is 9.46. The van der Waals surface area contributed by atoms with E-state index < -0.39 is 86.3 Å². The topological polar surface area (TPSA) is 191 Å². The maximum absolute atomic E-state index is 12.2. The summed E-state index contributed by atoms with van der Waals surface area (Å²) in [5.74, 6) is 0. The molecular formula is C17H29O12-. The van der Waals surface area contributed by atoms with Gasteiger partial charge >= 0.3 is 0 Å². The van der Waals surface area contributed by atoms with Crippen molar-refractivity contribution in [2.24, 2.45) is 0 Å². The zero-order chi connectivity index (χ0) is 21.5. The molecule has 0 aromatic heterocycles. The number of aliphatic hydroxyl groups is 6. The Morgan fingerprint density at radius 3 is 2.17 bits per heavy atom. The lowest BCUT2D eigenvalue weighted by molar-refractivity contribution is -0.541. The van der Waals surface area contributed by atoms with Crippen molar-refractivity contribution >= 4 is 0 Å². The first-order valence-corrected chi connectivity index (χ1v) is 9.46. The number of aliphatic hydroxyl groups excluding tert-OH is 5. The molecule has 0 saturated carbocycles. The highest BCUT2D eigenvalue weighted by Crippen LogP contribution is 2.34. The van der Waals surface area contributed by atoms with E-state index in [2.05, 4.69) is 0 Å². The Bertz CT molecular complexity index is 541. The third-order valence-electron chi connectivity index (χ3n) is 5.46. The van der Waals surface area contributed by atoms with Crippen LogP contribution < -0.4 is 5.11 Å². The molecule has 0 aliphatic carbocycles. The Kier molecular flexibility index (Phi) is 7.15. The van der Waals surface area contributed by atoms with Crippen LogP contribution in [0.2, 0.25) is 0 Å². The number of hydrogen-bond acceptors (Lipinski definition) is 12. The summed E-state index contributed by atoms with van der Waals surface area (Å²) in [6.45, 7) is 1.86. The number of rotatable bonds is 5. The van der Waals surface area contributed by atoms with E-state index in [1.54, 1.807) is 0 Å². The second-order valence-electron chi connectivity index (χ2n) is 8.06. The fourth-order valence-electron chi connectivity index (χ4n) is 3.66. The number of fused-ring (bicyclic) bond motifs is 1. The quantitative estimate of drug-likeness (QED) is 0.247. The van der Waals surface area contributed by atoms with Crippen molar-refractivity contribution in [2.75, 3.05) is 19.8 Å². The highest BCUT2D eigenvalue weighted by molar-refractivity contribution is 4.98. The zero-order valence-electron chi connectivity index (χ0n) is 16.1. The summed E-state index contributed by atoms with van der Waals surface area (Å²) in [7, 11) is 0. The lowest BCUT2D eigenvalue weighted by atomic mass is 9.94. The predicted molar refractivity (Wildman–Crippen MR) is 89.1 cm³/mol. The molecule has 3 fully saturated rings. The molecule has 170 valence electrons. The van der Waals surface area contributed by atoms with Crippen molar-refractivity contribution < 1.29 is 59.4 Å². The molecule has 3 aliphatic heterocycles. The van der Waals surface area contributed by atoms with E-state index in [0.717, 1.165) is 0 Å². The second-order valence-corrected chi connectivity index (χ2v) is 8.06. The van der Waals surface area contributed by atoms with Crippen LogP contribution in [0.15, 0.2) is 0 Å². The van der Waals surface area contributed by atoms with Gasteiger partial charge in [-0.1, -0.05) is 0 Å². The summed E-state index contributed by atoms with van der Waals surface area (Å²) in [4.78, 5) is 0. The molecule has 0 aromatic carbocycles. The number of hydrogen-bond donors (Lipinski definition) is 6. The molecule has 0 radical (unpaired) electrons. The van der Waals surface area contributed by atoms with Crippen molar-refractivity contribution in [3.05, 3.63) is 0 Å². The van der Waals surface area contributed by atoms with E-state index in [1.165, 1.54) is 13.8 Å². The predicted octanol–water partition coefficient (Wildman–Crippen LogP) is -4.83. The third-order valence-corrected chi connectivity index (χ3v) is 5.46. The maximum Gasteiger partial charge on any atom is 0.187 e. The van der Waals surface area contributed by atoms with E-state index >= 15 is 0 Å². The standard InChI is InChI=1S/C17H29O12/c1-17(2,24)8-5-25-12-7(4-19)27-16(11(22)13(12)28-8)29-14-10(21)9(20)6(3-18)26-15(14)23/h6-16,18-22,24H,3-5H2,1-2H3/q-1/t6-,7-,8-,9-,10+,11-,12?,13?,14-,15+,16?/m1/s1. The summed E-state index contributed by atoms with van der Waals surface area (Å²) in [6.07, 6.45) is -14.9. The largest absolute Gasteiger partial charge is 0.829 e. The summed E-state index contributed by atoms with van der Waals surface area (Å²) < 4.78 is 27.2. The van der Waals surface area contributed by atoms with Gasteiger partial charge in [0, 0.05) is 6.29 Å². The van der Waals surface area contributed by atoms with Gasteiger partial charge in [-0.15, -0.1) is 0 Å². The molecule has 0 aromatic rings. The van der Waals surface area contributed by atoms with Crippen LogP contribution in [-0.4, -0.2) is 124 Å². The zero-order valence-corrected chi connectivity index (χ0v) is 16.1. The van der Waals surface area contributed by atoms with E-state index in [-0.39, 0.29) is 6.61 Å². The smallest absolute Gasteiger partial charge is 0.187 e. The molecule has 3 heterocycles. The summed E-state index contributed by atoms with van der Waals surface area (Å²) in [6, 6.07) is 0.